The van der Waals surface area contributed by atoms with Crippen molar-refractivity contribution in [3.8, 4) is 0 Å². The van der Waals surface area contributed by atoms with Gasteiger partial charge in [-0.2, -0.15) is 0 Å². The zero-order chi connectivity index (χ0) is 13.5. The average molecular weight is 317 g/mol. The van der Waals surface area contributed by atoms with Crippen LogP contribution in [0.25, 0.3) is 0 Å². The number of benzene rings is 2. The minimum absolute atomic E-state index is 0.768. The van der Waals surface area contributed by atoms with Crippen LogP contribution in [0.1, 0.15) is 11.1 Å². The van der Waals surface area contributed by atoms with Gasteiger partial charge in [0.25, 0.3) is 0 Å². The molecule has 0 aromatic heterocycles. The molecule has 1 N–H and O–H groups in total. The van der Waals surface area contributed by atoms with Gasteiger partial charge in [0.2, 0.25) is 0 Å². The minimum Gasteiger partial charge on any atom is -0.383 e. The van der Waals surface area contributed by atoms with E-state index in [4.69, 9.17) is 0 Å². The first-order chi connectivity index (χ1) is 9.24. The smallest absolute Gasteiger partial charge is 0.0562 e. The summed E-state index contributed by atoms with van der Waals surface area (Å²) in [6, 6.07) is 16.5. The van der Waals surface area contributed by atoms with Gasteiger partial charge in [-0.05, 0) is 36.8 Å². The van der Waals surface area contributed by atoms with Gasteiger partial charge >= 0.3 is 0 Å². The van der Waals surface area contributed by atoms with Crippen molar-refractivity contribution >= 4 is 27.8 Å². The Kier molecular flexibility index (Phi) is 5.16. The van der Waals surface area contributed by atoms with Crippen LogP contribution in [0.15, 0.2) is 58.0 Å². The van der Waals surface area contributed by atoms with E-state index >= 15 is 0 Å². The van der Waals surface area contributed by atoms with Crippen LogP contribution in [-0.4, -0.2) is 19.3 Å². The summed E-state index contributed by atoms with van der Waals surface area (Å²) in [6.45, 7) is 3.70. The molecule has 0 aliphatic carbocycles. The largest absolute Gasteiger partial charge is 0.383 e. The average Bonchev–Trinajstić information content (AvgIpc) is 2.43. The fourth-order valence-electron chi connectivity index (χ4n) is 1.66. The summed E-state index contributed by atoms with van der Waals surface area (Å²) in [4.78, 5) is 4.40. The Morgan fingerprint density at radius 1 is 1.05 bits per heavy atom. The van der Waals surface area contributed by atoms with Gasteiger partial charge in [0.15, 0.2) is 0 Å². The molecule has 0 saturated carbocycles. The summed E-state index contributed by atoms with van der Waals surface area (Å²) in [6.07, 6.45) is 1.91. The Morgan fingerprint density at radius 2 is 1.74 bits per heavy atom. The van der Waals surface area contributed by atoms with E-state index in [1.165, 1.54) is 5.56 Å². The highest BCUT2D eigenvalue weighted by Gasteiger charge is 1.90. The molecule has 2 aromatic carbocycles. The van der Waals surface area contributed by atoms with E-state index in [-0.39, 0.29) is 0 Å². The summed E-state index contributed by atoms with van der Waals surface area (Å²) in [5.41, 5.74) is 3.54. The van der Waals surface area contributed by atoms with E-state index in [1.54, 1.807) is 0 Å². The number of hydrogen-bond donors (Lipinski definition) is 1. The van der Waals surface area contributed by atoms with Crippen LogP contribution in [0.5, 0.6) is 0 Å². The fraction of sp³-hybridized carbons (Fsp3) is 0.188. The second kappa shape index (κ2) is 7.10. The van der Waals surface area contributed by atoms with Gasteiger partial charge < -0.3 is 5.32 Å². The van der Waals surface area contributed by atoms with Crippen LogP contribution in [-0.2, 0) is 0 Å². The van der Waals surface area contributed by atoms with E-state index in [1.807, 2.05) is 30.5 Å². The van der Waals surface area contributed by atoms with Gasteiger partial charge in [0.05, 0.1) is 6.54 Å². The van der Waals surface area contributed by atoms with Gasteiger partial charge in [-0.3, -0.25) is 4.99 Å². The number of aliphatic imine (C=N–C) groups is 1. The molecule has 0 bridgehead atoms. The van der Waals surface area contributed by atoms with Crippen molar-refractivity contribution in [1.82, 2.24) is 0 Å². The molecule has 0 atom stereocenters. The maximum atomic E-state index is 4.40. The first-order valence-electron chi connectivity index (χ1n) is 6.30. The van der Waals surface area contributed by atoms with Crippen LogP contribution in [0, 0.1) is 6.92 Å². The SMILES string of the molecule is Cc1ccc(NCCN=Cc2ccc(Br)cc2)cc1. The predicted octanol–water partition coefficient (Wildman–Crippen LogP) is 4.29. The van der Waals surface area contributed by atoms with Gasteiger partial charge in [-0.25, -0.2) is 0 Å². The maximum Gasteiger partial charge on any atom is 0.0562 e. The topological polar surface area (TPSA) is 24.4 Å². The summed E-state index contributed by atoms with van der Waals surface area (Å²) in [5, 5.41) is 3.35. The Balaban J connectivity index is 1.74. The van der Waals surface area contributed by atoms with Crippen molar-refractivity contribution in [2.45, 2.75) is 6.92 Å². The third-order valence-electron chi connectivity index (χ3n) is 2.73. The van der Waals surface area contributed by atoms with Crippen molar-refractivity contribution in [2.24, 2.45) is 4.99 Å². The minimum atomic E-state index is 0.768. The van der Waals surface area contributed by atoms with E-state index in [2.05, 4.69) is 57.4 Å². The molecule has 0 fully saturated rings. The summed E-state index contributed by atoms with van der Waals surface area (Å²) < 4.78 is 1.09. The first kappa shape index (κ1) is 13.8. The quantitative estimate of drug-likeness (QED) is 0.646. The summed E-state index contributed by atoms with van der Waals surface area (Å²) in [5.74, 6) is 0. The molecule has 2 rings (SSSR count). The van der Waals surface area contributed by atoms with E-state index in [0.717, 1.165) is 28.8 Å². The van der Waals surface area contributed by atoms with Gasteiger partial charge in [0.1, 0.15) is 0 Å². The summed E-state index contributed by atoms with van der Waals surface area (Å²) in [7, 11) is 0. The molecule has 0 aliphatic rings. The van der Waals surface area contributed by atoms with Crippen molar-refractivity contribution < 1.29 is 0 Å². The fourth-order valence-corrected chi connectivity index (χ4v) is 1.92. The molecule has 19 heavy (non-hydrogen) atoms. The molecule has 0 aliphatic heterocycles. The predicted molar refractivity (Wildman–Crippen MR) is 86.3 cm³/mol. The third kappa shape index (κ3) is 4.87. The summed E-state index contributed by atoms with van der Waals surface area (Å²) >= 11 is 3.41. The highest BCUT2D eigenvalue weighted by molar-refractivity contribution is 9.10. The lowest BCUT2D eigenvalue weighted by molar-refractivity contribution is 1.03. The van der Waals surface area contributed by atoms with Crippen LogP contribution in [0.4, 0.5) is 5.69 Å². The molecule has 2 aromatic rings. The van der Waals surface area contributed by atoms with Crippen molar-refractivity contribution in [3.05, 3.63) is 64.1 Å². The molecule has 0 radical (unpaired) electrons. The molecular formula is C16H17BrN2. The lowest BCUT2D eigenvalue weighted by Gasteiger charge is -2.04. The normalized spacial score (nSPS) is 10.8. The Morgan fingerprint density at radius 3 is 2.42 bits per heavy atom. The Bertz CT molecular complexity index is 530. The number of rotatable bonds is 5. The monoisotopic (exact) mass is 316 g/mol. The van der Waals surface area contributed by atoms with Gasteiger partial charge in [0, 0.05) is 22.9 Å². The third-order valence-corrected chi connectivity index (χ3v) is 3.26. The molecule has 3 heteroatoms. The van der Waals surface area contributed by atoms with Crippen LogP contribution in [0.3, 0.4) is 0 Å². The lowest BCUT2D eigenvalue weighted by atomic mass is 10.2. The second-order valence-electron chi connectivity index (χ2n) is 4.38. The Labute approximate surface area is 122 Å². The standard InChI is InChI=1S/C16H17BrN2/c1-13-2-8-16(9-3-13)19-11-10-18-12-14-4-6-15(17)7-5-14/h2-9,12,19H,10-11H2,1H3. The molecule has 2 nitrogen and oxygen atoms in total. The highest BCUT2D eigenvalue weighted by atomic mass is 79.9. The zero-order valence-electron chi connectivity index (χ0n) is 10.9. The number of anilines is 1. The highest BCUT2D eigenvalue weighted by Crippen LogP contribution is 2.09. The molecule has 0 spiro atoms. The number of nitrogens with one attached hydrogen (secondary N) is 1. The van der Waals surface area contributed by atoms with Crippen LogP contribution >= 0.6 is 15.9 Å². The first-order valence-corrected chi connectivity index (χ1v) is 7.09. The van der Waals surface area contributed by atoms with Crippen LogP contribution < -0.4 is 5.32 Å². The van der Waals surface area contributed by atoms with Crippen molar-refractivity contribution in [2.75, 3.05) is 18.4 Å². The van der Waals surface area contributed by atoms with E-state index in [0.29, 0.717) is 0 Å². The Hall–Kier alpha value is -1.61. The number of halogens is 1. The number of aryl methyl sites for hydroxylation is 1. The zero-order valence-corrected chi connectivity index (χ0v) is 12.5. The molecule has 98 valence electrons. The second-order valence-corrected chi connectivity index (χ2v) is 5.30. The van der Waals surface area contributed by atoms with Crippen LogP contribution in [0.2, 0.25) is 0 Å². The molecular weight excluding hydrogens is 300 g/mol. The maximum absolute atomic E-state index is 4.40. The van der Waals surface area contributed by atoms with Gasteiger partial charge in [-0.15, -0.1) is 0 Å². The lowest BCUT2D eigenvalue weighted by Crippen LogP contribution is -2.04. The van der Waals surface area contributed by atoms with E-state index < -0.39 is 0 Å². The number of nitrogens with zero attached hydrogens (tertiary/aromatic N) is 1. The molecule has 0 heterocycles. The van der Waals surface area contributed by atoms with Gasteiger partial charge in [-0.1, -0.05) is 45.8 Å². The van der Waals surface area contributed by atoms with E-state index in [9.17, 15) is 0 Å². The van der Waals surface area contributed by atoms with Crippen molar-refractivity contribution in [3.63, 3.8) is 0 Å². The molecule has 0 unspecified atom stereocenters. The molecule has 0 amide bonds. The number of hydrogen-bond acceptors (Lipinski definition) is 2. The molecule has 0 saturated heterocycles. The van der Waals surface area contributed by atoms with Crippen molar-refractivity contribution in [1.29, 1.82) is 0 Å².